The van der Waals surface area contributed by atoms with Crippen molar-refractivity contribution in [1.29, 1.82) is 0 Å². The van der Waals surface area contributed by atoms with Crippen LogP contribution in [0.25, 0.3) is 0 Å². The van der Waals surface area contributed by atoms with Crippen LogP contribution >= 0.6 is 20.2 Å². The number of rotatable bonds is 6. The van der Waals surface area contributed by atoms with Gasteiger partial charge >= 0.3 is 114 Å². The third kappa shape index (κ3) is 4.64. The molecule has 1 aromatic rings. The van der Waals surface area contributed by atoms with Gasteiger partial charge in [-0.05, 0) is 0 Å². The van der Waals surface area contributed by atoms with E-state index in [1.807, 2.05) is 0 Å². The molecule has 1 rings (SSSR count). The van der Waals surface area contributed by atoms with E-state index in [1.54, 1.807) is 0 Å². The minimum absolute atomic E-state index is 0.0497. The molecule has 19 heavy (non-hydrogen) atoms. The topological polar surface area (TPSA) is 130 Å². The average molecular weight is 408 g/mol. The van der Waals surface area contributed by atoms with E-state index in [-0.39, 0.29) is 3.57 Å². The van der Waals surface area contributed by atoms with E-state index in [0.717, 1.165) is 0 Å². The quantitative estimate of drug-likeness (QED) is 0.132. The van der Waals surface area contributed by atoms with E-state index in [4.69, 9.17) is 0 Å². The molecule has 0 saturated heterocycles. The molecule has 0 aromatic heterocycles. The number of nitro groups is 2. The van der Waals surface area contributed by atoms with Gasteiger partial charge in [0.15, 0.2) is 0 Å². The van der Waals surface area contributed by atoms with Gasteiger partial charge in [-0.1, -0.05) is 0 Å². The monoisotopic (exact) mass is 408 g/mol. The van der Waals surface area contributed by atoms with Crippen molar-refractivity contribution in [3.05, 3.63) is 54.1 Å². The maximum absolute atomic E-state index is 12.6. The number of hydrogen-bond donors (Lipinski definition) is 0. The summed E-state index contributed by atoms with van der Waals surface area (Å²) >= 11 is -4.02. The Morgan fingerprint density at radius 2 is 1.63 bits per heavy atom. The van der Waals surface area contributed by atoms with Gasteiger partial charge < -0.3 is 0 Å². The zero-order chi connectivity index (χ0) is 14.6. The van der Waals surface area contributed by atoms with E-state index in [2.05, 4.69) is 2.51 Å². The molecule has 106 valence electrons. The average Bonchev–Trinajstić information content (AvgIpc) is 2.26. The van der Waals surface area contributed by atoms with E-state index >= 15 is 0 Å². The minimum atomic E-state index is -5.52. The van der Waals surface area contributed by atoms with E-state index < -0.39 is 44.8 Å². The summed E-state index contributed by atoms with van der Waals surface area (Å²) in [6, 6.07) is 6.71. The molecule has 9 nitrogen and oxygen atoms in total. The van der Waals surface area contributed by atoms with Crippen LogP contribution in [-0.4, -0.2) is 22.4 Å². The molecular weight excluding hydrogens is 402 g/mol. The number of halogens is 2. The van der Waals surface area contributed by atoms with Crippen LogP contribution in [0.5, 0.6) is 0 Å². The molecule has 0 spiro atoms. The summed E-state index contributed by atoms with van der Waals surface area (Å²) in [7, 11) is -5.52. The Balaban J connectivity index is 3.26. The van der Waals surface area contributed by atoms with Gasteiger partial charge in [0.1, 0.15) is 0 Å². The van der Waals surface area contributed by atoms with Crippen LogP contribution in [0.1, 0.15) is 0 Å². The molecule has 0 aliphatic heterocycles. The summed E-state index contributed by atoms with van der Waals surface area (Å²) < 4.78 is 34.9. The third-order valence-electron chi connectivity index (χ3n) is 1.62. The molecule has 0 radical (unpaired) electrons. The zero-order valence-corrected chi connectivity index (χ0v) is 11.9. The second-order valence-corrected chi connectivity index (χ2v) is 8.83. The zero-order valence-electron chi connectivity index (χ0n) is 8.88. The van der Waals surface area contributed by atoms with E-state index in [0.29, 0.717) is 0 Å². The van der Waals surface area contributed by atoms with Crippen molar-refractivity contribution in [1.82, 2.24) is 0 Å². The van der Waals surface area contributed by atoms with E-state index in [9.17, 15) is 32.5 Å². The first-order valence-corrected chi connectivity index (χ1v) is 8.89. The fraction of sp³-hybridized carbons (Fsp3) is 0.143. The van der Waals surface area contributed by atoms with Gasteiger partial charge in [0.05, 0.1) is 0 Å². The summed E-state index contributed by atoms with van der Waals surface area (Å²) in [5, 5.41) is 21.3. The van der Waals surface area contributed by atoms with E-state index in [1.165, 1.54) is 30.3 Å². The second-order valence-electron chi connectivity index (χ2n) is 2.91. The van der Waals surface area contributed by atoms with Crippen LogP contribution in [0.15, 0.2) is 30.3 Å². The number of hydrogen-bond acceptors (Lipinski definition) is 7. The van der Waals surface area contributed by atoms with Crippen molar-refractivity contribution in [2.75, 3.05) is 0 Å². The molecule has 12 heteroatoms. The number of alkyl halides is 1. The van der Waals surface area contributed by atoms with Gasteiger partial charge in [-0.15, -0.1) is 0 Å². The summed E-state index contributed by atoms with van der Waals surface area (Å²) in [6.07, 6.45) is 0. The molecule has 0 unspecified atom stereocenters. The fourth-order valence-corrected chi connectivity index (χ4v) is 6.48. The SMILES string of the molecule is O=[N+]([O-])C([N+](=O)[O-])I(OS(=O)(=O)F)c1ccccc1. The Hall–Kier alpha value is -1.41. The second kappa shape index (κ2) is 6.16. The summed E-state index contributed by atoms with van der Waals surface area (Å²) in [5.41, 5.74) is 0. The molecule has 0 saturated carbocycles. The van der Waals surface area contributed by atoms with Gasteiger partial charge in [-0.2, -0.15) is 0 Å². The summed E-state index contributed by atoms with van der Waals surface area (Å²) in [5.74, 6) is 0. The first kappa shape index (κ1) is 15.6. The molecule has 0 heterocycles. The first-order chi connectivity index (χ1) is 8.72. The first-order valence-electron chi connectivity index (χ1n) is 4.37. The van der Waals surface area contributed by atoms with Gasteiger partial charge in [-0.25, -0.2) is 0 Å². The van der Waals surface area contributed by atoms with Gasteiger partial charge in [0.25, 0.3) is 0 Å². The molecule has 1 aromatic carbocycles. The standard InChI is InChI=1S/C7H6FIN2O7S/c8-19(16,17)18-9(6-4-2-1-3-5-6)7(10(12)13)11(14)15/h1-5,7H. The molecule has 0 bridgehead atoms. The van der Waals surface area contributed by atoms with Crippen LogP contribution in [-0.2, 0) is 13.0 Å². The molecule has 0 fully saturated rings. The van der Waals surface area contributed by atoms with Crippen molar-refractivity contribution >= 4 is 30.7 Å². The Kier molecular flexibility index (Phi) is 5.07. The number of nitrogens with zero attached hydrogens (tertiary/aromatic N) is 2. The van der Waals surface area contributed by atoms with Crippen molar-refractivity contribution < 1.29 is 24.7 Å². The number of benzene rings is 1. The Labute approximate surface area is 114 Å². The van der Waals surface area contributed by atoms with Gasteiger partial charge in [-0.3, -0.25) is 0 Å². The van der Waals surface area contributed by atoms with Crippen LogP contribution in [0.2, 0.25) is 0 Å². The van der Waals surface area contributed by atoms with Gasteiger partial charge in [0, 0.05) is 0 Å². The van der Waals surface area contributed by atoms with Crippen molar-refractivity contribution in [2.24, 2.45) is 0 Å². The molecule has 0 amide bonds. The van der Waals surface area contributed by atoms with Crippen LogP contribution in [0.3, 0.4) is 0 Å². The van der Waals surface area contributed by atoms with Crippen molar-refractivity contribution in [3.8, 4) is 0 Å². The molecule has 0 N–H and O–H groups in total. The summed E-state index contributed by atoms with van der Waals surface area (Å²) in [4.78, 5) is 18.7. The van der Waals surface area contributed by atoms with Crippen LogP contribution < -0.4 is 0 Å². The van der Waals surface area contributed by atoms with Crippen LogP contribution in [0, 0.1) is 23.8 Å². The van der Waals surface area contributed by atoms with Crippen molar-refractivity contribution in [3.63, 3.8) is 0 Å². The predicted molar refractivity (Wildman–Crippen MR) is 68.0 cm³/mol. The normalized spacial score (nSPS) is 12.2. The molecule has 0 atom stereocenters. The maximum atomic E-state index is 12.6. The predicted octanol–water partition coefficient (Wildman–Crippen LogP) is 1.35. The third-order valence-corrected chi connectivity index (χ3v) is 8.22. The molecule has 0 aliphatic rings. The fourth-order valence-electron chi connectivity index (χ4n) is 1.02. The molecular formula is C7H6FIN2O7S. The summed E-state index contributed by atoms with van der Waals surface area (Å²) in [6.45, 7) is 0. The Bertz CT molecular complexity index is 566. The van der Waals surface area contributed by atoms with Crippen molar-refractivity contribution in [2.45, 2.75) is 4.17 Å². The van der Waals surface area contributed by atoms with Gasteiger partial charge in [0.2, 0.25) is 0 Å². The van der Waals surface area contributed by atoms with Crippen LogP contribution in [0.4, 0.5) is 3.89 Å². The molecule has 0 aliphatic carbocycles. The Morgan fingerprint density at radius 3 is 2.00 bits per heavy atom. The Morgan fingerprint density at radius 1 is 1.16 bits per heavy atom.